The third-order valence-corrected chi connectivity index (χ3v) is 6.40. The van der Waals surface area contributed by atoms with Gasteiger partial charge in [-0.25, -0.2) is 4.89 Å². The molecule has 2 aliphatic rings. The third-order valence-electron chi connectivity index (χ3n) is 6.40. The molecular weight excluding hydrogens is 571 g/mol. The molecule has 10 radical (unpaired) electrons. The van der Waals surface area contributed by atoms with Gasteiger partial charge in [-0.3, -0.25) is 11.3 Å². The number of allylic oxidation sites excluding steroid dienone is 1. The molecule has 3 heteroatoms. The van der Waals surface area contributed by atoms with Gasteiger partial charge in [0.1, 0.15) is 0 Å². The summed E-state index contributed by atoms with van der Waals surface area (Å²) < 4.78 is 0. The van der Waals surface area contributed by atoms with E-state index in [2.05, 4.69) is 94.9 Å². The summed E-state index contributed by atoms with van der Waals surface area (Å²) in [5.74, 6) is 14.7. The largest absolute Gasteiger partial charge is 0.517 e. The van der Waals surface area contributed by atoms with Gasteiger partial charge in [0.2, 0.25) is 0 Å². The minimum atomic E-state index is -0.403. The fraction of sp³-hybridized carbons (Fsp3) is 0.600. The molecule has 0 spiro atoms. The van der Waals surface area contributed by atoms with Crippen molar-refractivity contribution in [1.29, 1.82) is 0 Å². The van der Waals surface area contributed by atoms with Crippen molar-refractivity contribution < 1.29 is 36.0 Å². The van der Waals surface area contributed by atoms with Gasteiger partial charge in [-0.1, -0.05) is 95.4 Å². The molecule has 0 bridgehead atoms. The molecular formula is C30H51HfO2-. The molecule has 0 aromatic carbocycles. The molecule has 0 saturated heterocycles. The Morgan fingerprint density at radius 2 is 0.606 bits per heavy atom. The zero-order valence-corrected chi connectivity index (χ0v) is 28.1. The summed E-state index contributed by atoms with van der Waals surface area (Å²) in [4.78, 5) is 3.94. The molecule has 2 aliphatic carbocycles. The monoisotopic (exact) mass is 623 g/mol. The zero-order valence-electron chi connectivity index (χ0n) is 24.5. The Hall–Kier alpha value is 0.530. The standard InChI is InChI=1S/2C10H15.C6H11.C4H10O2.Hf/c2*1-6-7(2)9(4)10(5)8(6)3;1-5-6(2,3)4;1-4(2,3)6-5;/h2*1-5H3;1,5H,2-4H3;5H,1-3H3;/q;;-1;;. The summed E-state index contributed by atoms with van der Waals surface area (Å²) in [5.41, 5.74) is -0.208. The van der Waals surface area contributed by atoms with Crippen molar-refractivity contribution in [3.63, 3.8) is 0 Å². The summed E-state index contributed by atoms with van der Waals surface area (Å²) in [6.07, 6.45) is 1.69. The fourth-order valence-corrected chi connectivity index (χ4v) is 2.81. The zero-order chi connectivity index (χ0) is 26.2. The predicted molar refractivity (Wildman–Crippen MR) is 141 cm³/mol. The van der Waals surface area contributed by atoms with Crippen molar-refractivity contribution in [1.82, 2.24) is 0 Å². The summed E-state index contributed by atoms with van der Waals surface area (Å²) in [7, 11) is 0. The molecule has 0 unspecified atom stereocenters. The normalized spacial score (nSPS) is 21.5. The maximum absolute atomic E-state index is 7.90. The van der Waals surface area contributed by atoms with Crippen molar-refractivity contribution in [3.8, 4) is 0 Å². The maximum Gasteiger partial charge on any atom is 0.0949 e. The average Bonchev–Trinajstić information content (AvgIpc) is 2.98. The fourth-order valence-electron chi connectivity index (χ4n) is 2.81. The molecule has 0 atom stereocenters. The van der Waals surface area contributed by atoms with E-state index in [4.69, 9.17) is 11.8 Å². The van der Waals surface area contributed by atoms with E-state index < -0.39 is 5.60 Å². The number of hydrogen-bond donors (Lipinski definition) is 1. The Morgan fingerprint density at radius 1 is 0.515 bits per heavy atom. The predicted octanol–water partition coefficient (Wildman–Crippen LogP) is 9.24. The Kier molecular flexibility index (Phi) is 18.8. The molecule has 2 nitrogen and oxygen atoms in total. The van der Waals surface area contributed by atoms with Crippen LogP contribution in [0.1, 0.15) is 111 Å². The topological polar surface area (TPSA) is 29.5 Å². The molecule has 1 N–H and O–H groups in total. The van der Waals surface area contributed by atoms with E-state index in [0.29, 0.717) is 0 Å². The van der Waals surface area contributed by atoms with Crippen LogP contribution in [0.2, 0.25) is 0 Å². The quantitative estimate of drug-likeness (QED) is 0.126. The maximum atomic E-state index is 7.90. The summed E-state index contributed by atoms with van der Waals surface area (Å²) >= 11 is 0. The van der Waals surface area contributed by atoms with E-state index in [1.165, 1.54) is 59.2 Å². The van der Waals surface area contributed by atoms with Gasteiger partial charge in [0, 0.05) is 25.8 Å². The first-order valence-corrected chi connectivity index (χ1v) is 11.5. The van der Waals surface area contributed by atoms with Gasteiger partial charge >= 0.3 is 0 Å². The van der Waals surface area contributed by atoms with Crippen LogP contribution >= 0.6 is 0 Å². The van der Waals surface area contributed by atoms with Crippen LogP contribution in [-0.2, 0) is 30.7 Å². The molecule has 2 saturated carbocycles. The molecule has 0 heterocycles. The van der Waals surface area contributed by atoms with Crippen molar-refractivity contribution in [2.75, 3.05) is 0 Å². The third kappa shape index (κ3) is 14.0. The smallest absolute Gasteiger partial charge is 0.0949 e. The van der Waals surface area contributed by atoms with Gasteiger partial charge in [-0.15, -0.1) is 0 Å². The van der Waals surface area contributed by atoms with Crippen LogP contribution in [0.4, 0.5) is 0 Å². The molecule has 0 aliphatic heterocycles. The van der Waals surface area contributed by atoms with Gasteiger partial charge in [-0.2, -0.15) is 0 Å². The van der Waals surface area contributed by atoms with Crippen LogP contribution in [0.25, 0.3) is 0 Å². The second-order valence-electron chi connectivity index (χ2n) is 11.0. The first-order chi connectivity index (χ1) is 14.2. The van der Waals surface area contributed by atoms with Crippen molar-refractivity contribution in [2.24, 2.45) is 5.41 Å². The Labute approximate surface area is 228 Å². The molecule has 0 amide bonds. The van der Waals surface area contributed by atoms with Crippen molar-refractivity contribution in [3.05, 3.63) is 71.8 Å². The second kappa shape index (κ2) is 16.3. The molecule has 0 aromatic heterocycles. The average molecular weight is 622 g/mol. The van der Waals surface area contributed by atoms with Crippen LogP contribution in [0.3, 0.4) is 0 Å². The Balaban J connectivity index is -0.000000372. The molecule has 2 fully saturated rings. The second-order valence-corrected chi connectivity index (χ2v) is 11.0. The van der Waals surface area contributed by atoms with Crippen molar-refractivity contribution >= 4 is 0 Å². The number of rotatable bonds is 0. The first-order valence-electron chi connectivity index (χ1n) is 11.5. The van der Waals surface area contributed by atoms with Crippen LogP contribution < -0.4 is 0 Å². The summed E-state index contributed by atoms with van der Waals surface area (Å²) in [6.45, 7) is 38.7. The molecule has 188 valence electrons. The van der Waals surface area contributed by atoms with Gasteiger partial charge in [0.15, 0.2) is 0 Å². The molecule has 0 aromatic rings. The van der Waals surface area contributed by atoms with E-state index in [9.17, 15) is 0 Å². The van der Waals surface area contributed by atoms with E-state index in [-0.39, 0.29) is 31.3 Å². The Bertz CT molecular complexity index is 385. The van der Waals surface area contributed by atoms with E-state index in [1.807, 2.05) is 0 Å². The first kappa shape index (κ1) is 38.1. The minimum absolute atomic E-state index is 0. The summed E-state index contributed by atoms with van der Waals surface area (Å²) in [5, 5.41) is 7.90. The van der Waals surface area contributed by atoms with Crippen LogP contribution in [0, 0.1) is 71.2 Å². The Morgan fingerprint density at radius 3 is 0.636 bits per heavy atom. The van der Waals surface area contributed by atoms with Gasteiger partial charge in [0.25, 0.3) is 0 Å². The van der Waals surface area contributed by atoms with Crippen LogP contribution in [0.15, 0.2) is 6.08 Å². The number of hydrogen-bond acceptors (Lipinski definition) is 2. The molecule has 33 heavy (non-hydrogen) atoms. The molecule has 2 rings (SSSR count). The summed E-state index contributed by atoms with van der Waals surface area (Å²) in [6, 6.07) is 0. The van der Waals surface area contributed by atoms with E-state index in [0.717, 1.165) is 0 Å². The van der Waals surface area contributed by atoms with Gasteiger partial charge in [0.05, 0.1) is 5.60 Å². The van der Waals surface area contributed by atoms with Gasteiger partial charge < -0.3 is 6.58 Å². The van der Waals surface area contributed by atoms with Crippen LogP contribution in [-0.4, -0.2) is 10.9 Å². The van der Waals surface area contributed by atoms with Crippen LogP contribution in [0.5, 0.6) is 0 Å². The van der Waals surface area contributed by atoms with E-state index in [1.54, 1.807) is 26.8 Å². The SMILES string of the molecule is CC(C)(C)OO.C[C]1[C](C)[C](C)[C](C)[C]1C.C[C]1[C](C)[C](C)[C](C)[C]1C.[CH-]=CC(C)(C)C.[Hf]. The van der Waals surface area contributed by atoms with Gasteiger partial charge in [-0.05, 0) is 80.0 Å². The van der Waals surface area contributed by atoms with E-state index >= 15 is 0 Å². The minimum Gasteiger partial charge on any atom is -0.517 e. The van der Waals surface area contributed by atoms with Crippen molar-refractivity contribution in [2.45, 2.75) is 116 Å².